The zero-order valence-corrected chi connectivity index (χ0v) is 4.66. The van der Waals surface area contributed by atoms with Crippen LogP contribution >= 0.6 is 0 Å². The lowest BCUT2D eigenvalue weighted by Crippen LogP contribution is -2.07. The fourth-order valence-electron chi connectivity index (χ4n) is 0. The summed E-state index contributed by atoms with van der Waals surface area (Å²) in [7, 11) is -0.854. The second-order valence-electron chi connectivity index (χ2n) is 1.04. The van der Waals surface area contributed by atoms with Gasteiger partial charge in [0.1, 0.15) is 9.92 Å². The first-order chi connectivity index (χ1) is 2.56. The Morgan fingerprint density at radius 3 is 2.00 bits per heavy atom. The SMILES string of the molecule is CN=S(C)(N)=O. The Balaban J connectivity index is 4.24. The molecule has 0 aliphatic rings. The molecule has 0 spiro atoms. The summed E-state index contributed by atoms with van der Waals surface area (Å²) in [6.07, 6.45) is 1.38. The van der Waals surface area contributed by atoms with Crippen molar-refractivity contribution in [3.8, 4) is 0 Å². The van der Waals surface area contributed by atoms with Crippen LogP contribution in [0.15, 0.2) is 4.36 Å². The van der Waals surface area contributed by atoms with Crippen LogP contribution in [0.5, 0.6) is 0 Å². The summed E-state index contributed by atoms with van der Waals surface area (Å²) in [6.45, 7) is 0. The van der Waals surface area contributed by atoms with Crippen LogP contribution in [0.4, 0.5) is 0 Å². The van der Waals surface area contributed by atoms with Crippen molar-refractivity contribution in [2.45, 2.75) is 0 Å². The summed E-state index contributed by atoms with van der Waals surface area (Å²) in [5.41, 5.74) is 0. The van der Waals surface area contributed by atoms with E-state index in [-0.39, 0.29) is 0 Å². The summed E-state index contributed by atoms with van der Waals surface area (Å²) in [4.78, 5) is 0. The minimum atomic E-state index is -2.29. The van der Waals surface area contributed by atoms with E-state index >= 15 is 0 Å². The molecule has 0 rings (SSSR count). The van der Waals surface area contributed by atoms with Gasteiger partial charge in [-0.1, -0.05) is 0 Å². The molecule has 0 saturated heterocycles. The second-order valence-corrected chi connectivity index (χ2v) is 3.13. The first kappa shape index (κ1) is 5.91. The highest BCUT2D eigenvalue weighted by molar-refractivity contribution is 7.90. The summed E-state index contributed by atoms with van der Waals surface area (Å²) in [6, 6.07) is 0. The third-order valence-corrected chi connectivity index (χ3v) is 1.09. The molecule has 0 aliphatic heterocycles. The van der Waals surface area contributed by atoms with E-state index in [1.165, 1.54) is 13.3 Å². The van der Waals surface area contributed by atoms with Gasteiger partial charge >= 0.3 is 0 Å². The topological polar surface area (TPSA) is 55.4 Å². The highest BCUT2D eigenvalue weighted by Gasteiger charge is 1.77. The van der Waals surface area contributed by atoms with Crippen LogP contribution in [-0.2, 0) is 9.92 Å². The van der Waals surface area contributed by atoms with Crippen LogP contribution in [-0.4, -0.2) is 17.5 Å². The third kappa shape index (κ3) is 3.91. The van der Waals surface area contributed by atoms with Crippen molar-refractivity contribution < 1.29 is 4.21 Å². The Labute approximate surface area is 37.9 Å². The van der Waals surface area contributed by atoms with Gasteiger partial charge in [0.05, 0.1) is 0 Å². The molecular formula is C2H8N2OS. The van der Waals surface area contributed by atoms with Gasteiger partial charge in [0.15, 0.2) is 0 Å². The number of nitrogens with two attached hydrogens (primary N) is 1. The number of hydrogen-bond acceptors (Lipinski definition) is 2. The number of hydrogen-bond donors (Lipinski definition) is 1. The molecule has 0 aliphatic carbocycles. The first-order valence-corrected chi connectivity index (χ1v) is 3.43. The zero-order valence-electron chi connectivity index (χ0n) is 3.84. The van der Waals surface area contributed by atoms with Crippen molar-refractivity contribution in [2.24, 2.45) is 9.50 Å². The van der Waals surface area contributed by atoms with E-state index < -0.39 is 9.92 Å². The molecule has 0 saturated carbocycles. The molecule has 2 N–H and O–H groups in total. The standard InChI is InChI=1S/C2H8N2OS/c1-4-6(2,3)5/h1-2H3,(H2,3,4,5). The normalized spacial score (nSPS) is 19.2. The lowest BCUT2D eigenvalue weighted by molar-refractivity contribution is 0.681. The number of rotatable bonds is 0. The minimum Gasteiger partial charge on any atom is -0.245 e. The van der Waals surface area contributed by atoms with Crippen LogP contribution in [0.1, 0.15) is 0 Å². The molecule has 4 heteroatoms. The van der Waals surface area contributed by atoms with Gasteiger partial charge in [0, 0.05) is 13.3 Å². The predicted molar refractivity (Wildman–Crippen MR) is 26.6 cm³/mol. The highest BCUT2D eigenvalue weighted by Crippen LogP contribution is 1.68. The average molecular weight is 108 g/mol. The maximum atomic E-state index is 10.2. The molecule has 0 aromatic rings. The van der Waals surface area contributed by atoms with Crippen molar-refractivity contribution in [2.75, 3.05) is 13.3 Å². The Bertz CT molecular complexity index is 124. The number of nitrogens with zero attached hydrogens (tertiary/aromatic N) is 1. The van der Waals surface area contributed by atoms with E-state index in [1.54, 1.807) is 0 Å². The highest BCUT2D eigenvalue weighted by atomic mass is 32.2. The van der Waals surface area contributed by atoms with E-state index in [9.17, 15) is 4.21 Å². The fraction of sp³-hybridized carbons (Fsp3) is 1.00. The smallest absolute Gasteiger partial charge is 0.102 e. The Morgan fingerprint density at radius 2 is 2.00 bits per heavy atom. The van der Waals surface area contributed by atoms with E-state index in [0.29, 0.717) is 0 Å². The zero-order chi connectivity index (χ0) is 5.21. The molecular weight excluding hydrogens is 100 g/mol. The maximum Gasteiger partial charge on any atom is 0.102 e. The Hall–Kier alpha value is -0.0900. The van der Waals surface area contributed by atoms with E-state index in [2.05, 4.69) is 4.36 Å². The van der Waals surface area contributed by atoms with Gasteiger partial charge in [-0.25, -0.2) is 13.7 Å². The molecule has 6 heavy (non-hydrogen) atoms. The van der Waals surface area contributed by atoms with Gasteiger partial charge in [-0.3, -0.25) is 0 Å². The maximum absolute atomic E-state index is 10.2. The lowest BCUT2D eigenvalue weighted by Gasteiger charge is -1.84. The quantitative estimate of drug-likeness (QED) is 0.450. The molecule has 38 valence electrons. The fourth-order valence-corrected chi connectivity index (χ4v) is 0. The molecule has 0 aromatic carbocycles. The summed E-state index contributed by atoms with van der Waals surface area (Å²) >= 11 is 0. The second kappa shape index (κ2) is 1.57. The van der Waals surface area contributed by atoms with Gasteiger partial charge in [0.2, 0.25) is 0 Å². The molecule has 3 nitrogen and oxygen atoms in total. The van der Waals surface area contributed by atoms with Crippen LogP contribution in [0, 0.1) is 0 Å². The Morgan fingerprint density at radius 1 is 1.83 bits per heavy atom. The van der Waals surface area contributed by atoms with Gasteiger partial charge in [-0.05, 0) is 0 Å². The van der Waals surface area contributed by atoms with E-state index in [4.69, 9.17) is 5.14 Å². The molecule has 0 amide bonds. The van der Waals surface area contributed by atoms with Gasteiger partial charge in [-0.15, -0.1) is 0 Å². The molecule has 1 unspecified atom stereocenters. The average Bonchev–Trinajstić information content (AvgIpc) is 1.35. The molecule has 0 radical (unpaired) electrons. The summed E-state index contributed by atoms with van der Waals surface area (Å²) < 4.78 is 13.5. The van der Waals surface area contributed by atoms with Crippen LogP contribution in [0.2, 0.25) is 0 Å². The van der Waals surface area contributed by atoms with Crippen molar-refractivity contribution in [3.05, 3.63) is 0 Å². The molecule has 1 atom stereocenters. The van der Waals surface area contributed by atoms with Crippen LogP contribution in [0.3, 0.4) is 0 Å². The van der Waals surface area contributed by atoms with Crippen LogP contribution in [0.25, 0.3) is 0 Å². The monoisotopic (exact) mass is 108 g/mol. The van der Waals surface area contributed by atoms with Crippen molar-refractivity contribution in [1.29, 1.82) is 0 Å². The summed E-state index contributed by atoms with van der Waals surface area (Å²) in [5.74, 6) is 0. The predicted octanol–water partition coefficient (Wildman–Crippen LogP) is -0.412. The van der Waals surface area contributed by atoms with Crippen molar-refractivity contribution in [1.82, 2.24) is 0 Å². The summed E-state index contributed by atoms with van der Waals surface area (Å²) in [5, 5.41) is 4.90. The minimum absolute atomic E-state index is 1.38. The largest absolute Gasteiger partial charge is 0.245 e. The molecule has 0 aromatic heterocycles. The van der Waals surface area contributed by atoms with E-state index in [1.807, 2.05) is 0 Å². The molecule has 0 fully saturated rings. The van der Waals surface area contributed by atoms with E-state index in [0.717, 1.165) is 0 Å². The molecule has 0 bridgehead atoms. The third-order valence-electron chi connectivity index (χ3n) is 0.363. The van der Waals surface area contributed by atoms with Crippen LogP contribution < -0.4 is 5.14 Å². The Kier molecular flexibility index (Phi) is 1.55. The molecule has 0 heterocycles. The first-order valence-electron chi connectivity index (χ1n) is 1.44. The van der Waals surface area contributed by atoms with Gasteiger partial charge in [0.25, 0.3) is 0 Å². The van der Waals surface area contributed by atoms with Crippen molar-refractivity contribution in [3.63, 3.8) is 0 Å². The van der Waals surface area contributed by atoms with Gasteiger partial charge in [-0.2, -0.15) is 0 Å². The van der Waals surface area contributed by atoms with Gasteiger partial charge < -0.3 is 0 Å². The lowest BCUT2D eigenvalue weighted by atomic mass is 11.6. The van der Waals surface area contributed by atoms with Crippen molar-refractivity contribution >= 4 is 9.92 Å².